The Morgan fingerprint density at radius 2 is 1.21 bits per heavy atom. The number of hydrogen-bond donors (Lipinski definition) is 0. The second-order valence-electron chi connectivity index (χ2n) is 7.71. The van der Waals surface area contributed by atoms with Gasteiger partial charge in [0.15, 0.2) is 17.5 Å². The highest BCUT2D eigenvalue weighted by Gasteiger charge is 2.26. The number of halogens is 4. The van der Waals surface area contributed by atoms with Gasteiger partial charge in [-0.05, 0) is 86.8 Å². The molecule has 4 heteroatoms. The molecule has 134 valence electrons. The lowest BCUT2D eigenvalue weighted by molar-refractivity contribution is 0.264. The van der Waals surface area contributed by atoms with Gasteiger partial charge in [-0.3, -0.25) is 0 Å². The highest BCUT2D eigenvalue weighted by atomic mass is 127. The van der Waals surface area contributed by atoms with Crippen LogP contribution in [0.3, 0.4) is 0 Å². The SMILES string of the molecule is Fc1cc(C2CCC(CCC3CCC(I)CC3)CC2)cc(F)c1F. The van der Waals surface area contributed by atoms with Gasteiger partial charge >= 0.3 is 0 Å². The minimum atomic E-state index is -1.35. The summed E-state index contributed by atoms with van der Waals surface area (Å²) in [6.45, 7) is 0. The zero-order valence-corrected chi connectivity index (χ0v) is 16.2. The van der Waals surface area contributed by atoms with Gasteiger partial charge in [0, 0.05) is 3.92 Å². The molecule has 24 heavy (non-hydrogen) atoms. The predicted molar refractivity (Wildman–Crippen MR) is 100 cm³/mol. The van der Waals surface area contributed by atoms with E-state index in [0.29, 0.717) is 5.56 Å². The largest absolute Gasteiger partial charge is 0.204 e. The smallest absolute Gasteiger partial charge is 0.194 e. The van der Waals surface area contributed by atoms with E-state index < -0.39 is 17.5 Å². The average Bonchev–Trinajstić information content (AvgIpc) is 2.59. The first-order valence-electron chi connectivity index (χ1n) is 9.31. The van der Waals surface area contributed by atoms with E-state index in [1.165, 1.54) is 50.7 Å². The van der Waals surface area contributed by atoms with Crippen LogP contribution in [0.25, 0.3) is 0 Å². The van der Waals surface area contributed by atoms with Crippen LogP contribution < -0.4 is 0 Å². The number of benzene rings is 1. The number of hydrogen-bond acceptors (Lipinski definition) is 0. The Hall–Kier alpha value is -0.260. The maximum absolute atomic E-state index is 13.4. The van der Waals surface area contributed by atoms with Crippen molar-refractivity contribution in [3.8, 4) is 0 Å². The van der Waals surface area contributed by atoms with Gasteiger partial charge in [0.1, 0.15) is 0 Å². The molecule has 2 aliphatic rings. The molecule has 2 fully saturated rings. The van der Waals surface area contributed by atoms with Crippen molar-refractivity contribution in [1.29, 1.82) is 0 Å². The van der Waals surface area contributed by atoms with Gasteiger partial charge in [0.25, 0.3) is 0 Å². The van der Waals surface area contributed by atoms with Gasteiger partial charge in [-0.25, -0.2) is 13.2 Å². The van der Waals surface area contributed by atoms with Gasteiger partial charge in [-0.2, -0.15) is 0 Å². The van der Waals surface area contributed by atoms with Crippen molar-refractivity contribution >= 4 is 22.6 Å². The Kier molecular flexibility index (Phi) is 6.50. The normalized spacial score (nSPS) is 31.2. The van der Waals surface area contributed by atoms with Gasteiger partial charge in [0.2, 0.25) is 0 Å². The molecule has 0 spiro atoms. The molecule has 0 N–H and O–H groups in total. The number of alkyl halides is 1. The van der Waals surface area contributed by atoms with E-state index in [4.69, 9.17) is 0 Å². The third-order valence-electron chi connectivity index (χ3n) is 6.08. The summed E-state index contributed by atoms with van der Waals surface area (Å²) in [7, 11) is 0. The van der Waals surface area contributed by atoms with Gasteiger partial charge in [0.05, 0.1) is 0 Å². The van der Waals surface area contributed by atoms with Crippen LogP contribution in [-0.2, 0) is 0 Å². The van der Waals surface area contributed by atoms with Crippen LogP contribution in [0.2, 0.25) is 0 Å². The maximum Gasteiger partial charge on any atom is 0.194 e. The molecule has 0 aromatic heterocycles. The Balaban J connectivity index is 1.46. The summed E-state index contributed by atoms with van der Waals surface area (Å²) in [5.74, 6) is -1.62. The van der Waals surface area contributed by atoms with Gasteiger partial charge in [-0.15, -0.1) is 0 Å². The van der Waals surface area contributed by atoms with Crippen molar-refractivity contribution in [2.45, 2.75) is 74.1 Å². The molecule has 0 heterocycles. The van der Waals surface area contributed by atoms with Crippen LogP contribution in [0.1, 0.15) is 75.7 Å². The van der Waals surface area contributed by atoms with Crippen molar-refractivity contribution in [3.63, 3.8) is 0 Å². The number of rotatable bonds is 4. The minimum absolute atomic E-state index is 0.181. The summed E-state index contributed by atoms with van der Waals surface area (Å²) in [5, 5.41) is 0. The van der Waals surface area contributed by atoms with Crippen LogP contribution in [0.4, 0.5) is 13.2 Å². The molecule has 0 amide bonds. The lowest BCUT2D eigenvalue weighted by Crippen LogP contribution is -2.17. The molecule has 2 saturated carbocycles. The van der Waals surface area contributed by atoms with Crippen LogP contribution in [0, 0.1) is 29.3 Å². The fourth-order valence-electron chi connectivity index (χ4n) is 4.48. The van der Waals surface area contributed by atoms with Crippen molar-refractivity contribution in [1.82, 2.24) is 0 Å². The van der Waals surface area contributed by atoms with Crippen LogP contribution >= 0.6 is 22.6 Å². The molecule has 0 radical (unpaired) electrons. The summed E-state index contributed by atoms with van der Waals surface area (Å²) >= 11 is 2.58. The summed E-state index contributed by atoms with van der Waals surface area (Å²) in [6, 6.07) is 2.37. The zero-order chi connectivity index (χ0) is 17.1. The molecule has 0 nitrogen and oxygen atoms in total. The second-order valence-corrected chi connectivity index (χ2v) is 9.47. The highest BCUT2D eigenvalue weighted by Crippen LogP contribution is 2.40. The minimum Gasteiger partial charge on any atom is -0.204 e. The molecule has 0 saturated heterocycles. The second kappa shape index (κ2) is 8.41. The summed E-state index contributed by atoms with van der Waals surface area (Å²) in [4.78, 5) is 0. The molecule has 1 aromatic carbocycles. The van der Waals surface area contributed by atoms with Crippen molar-refractivity contribution in [3.05, 3.63) is 35.1 Å². The molecule has 1 aromatic rings. The zero-order valence-electron chi connectivity index (χ0n) is 14.0. The molecule has 0 bridgehead atoms. The van der Waals surface area contributed by atoms with Crippen LogP contribution in [0.5, 0.6) is 0 Å². The van der Waals surface area contributed by atoms with Gasteiger partial charge in [-0.1, -0.05) is 35.4 Å². The summed E-state index contributed by atoms with van der Waals surface area (Å²) < 4.78 is 40.8. The first-order valence-corrected chi connectivity index (χ1v) is 10.6. The van der Waals surface area contributed by atoms with Crippen molar-refractivity contribution in [2.75, 3.05) is 0 Å². The quantitative estimate of drug-likeness (QED) is 0.260. The Bertz CT molecular complexity index is 521. The van der Waals surface area contributed by atoms with Crippen molar-refractivity contribution < 1.29 is 13.2 Å². The monoisotopic (exact) mass is 450 g/mol. The van der Waals surface area contributed by atoms with Crippen LogP contribution in [-0.4, -0.2) is 3.92 Å². The molecule has 0 aliphatic heterocycles. The Morgan fingerprint density at radius 1 is 0.750 bits per heavy atom. The Labute approximate surface area is 156 Å². The van der Waals surface area contributed by atoms with Crippen molar-refractivity contribution in [2.24, 2.45) is 11.8 Å². The maximum atomic E-state index is 13.4. The molecule has 3 rings (SSSR count). The van der Waals surface area contributed by atoms with E-state index in [-0.39, 0.29) is 5.92 Å². The molecule has 2 aliphatic carbocycles. The molecule has 0 unspecified atom stereocenters. The summed E-state index contributed by atoms with van der Waals surface area (Å²) in [6.07, 6.45) is 12.4. The Morgan fingerprint density at radius 3 is 1.71 bits per heavy atom. The van der Waals surface area contributed by atoms with E-state index in [0.717, 1.165) is 41.4 Å². The highest BCUT2D eigenvalue weighted by molar-refractivity contribution is 14.1. The lowest BCUT2D eigenvalue weighted by atomic mass is 9.75. The van der Waals surface area contributed by atoms with Crippen LogP contribution in [0.15, 0.2) is 12.1 Å². The van der Waals surface area contributed by atoms with E-state index in [1.54, 1.807) is 0 Å². The van der Waals surface area contributed by atoms with E-state index in [1.807, 2.05) is 0 Å². The topological polar surface area (TPSA) is 0 Å². The lowest BCUT2D eigenvalue weighted by Gasteiger charge is -2.31. The molecular weight excluding hydrogens is 424 g/mol. The van der Waals surface area contributed by atoms with E-state index >= 15 is 0 Å². The van der Waals surface area contributed by atoms with E-state index in [2.05, 4.69) is 22.6 Å². The van der Waals surface area contributed by atoms with Gasteiger partial charge < -0.3 is 0 Å². The standard InChI is InChI=1S/C20H26F3I/c21-18-11-16(12-19(22)20(18)23)15-7-3-13(4-8-15)1-2-14-5-9-17(24)10-6-14/h11-15,17H,1-10H2. The average molecular weight is 450 g/mol. The predicted octanol–water partition coefficient (Wildman–Crippen LogP) is 7.15. The van der Waals surface area contributed by atoms with E-state index in [9.17, 15) is 13.2 Å². The molecule has 0 atom stereocenters. The summed E-state index contributed by atoms with van der Waals surface area (Å²) in [5.41, 5.74) is 0.630. The fourth-order valence-corrected chi connectivity index (χ4v) is 5.20. The first-order chi connectivity index (χ1) is 11.5. The fraction of sp³-hybridized carbons (Fsp3) is 0.700. The molecular formula is C20H26F3I. The first kappa shape index (κ1) is 18.5. The third-order valence-corrected chi connectivity index (χ3v) is 7.33. The third kappa shape index (κ3) is 4.67.